The zero-order chi connectivity index (χ0) is 3.41. The minimum absolute atomic E-state index is 0.00167. The molecule has 0 saturated carbocycles. The summed E-state index contributed by atoms with van der Waals surface area (Å²) >= 11 is 0.00167. The average Bonchev–Trinajstić information content (AvgIpc) is 1.37. The molecule has 0 aromatic heterocycles. The Balaban J connectivity index is 1.97. The van der Waals surface area contributed by atoms with Crippen molar-refractivity contribution in [2.45, 2.75) is 4.94 Å². The molecule has 0 saturated heterocycles. The Kier molecular flexibility index (Phi) is 4.47. The SMILES string of the molecule is [CH3][Sn+2][CH2]N. The average molecular weight is 164 g/mol. The van der Waals surface area contributed by atoms with E-state index >= 15 is 0 Å². The Morgan fingerprint density at radius 2 is 2.25 bits per heavy atom. The maximum atomic E-state index is 5.10. The predicted molar refractivity (Wildman–Crippen MR) is 20.7 cm³/mol. The molecule has 0 spiro atoms. The summed E-state index contributed by atoms with van der Waals surface area (Å²) < 4.78 is 0.989. The van der Waals surface area contributed by atoms with E-state index in [1.165, 1.54) is 0 Å². The van der Waals surface area contributed by atoms with Crippen molar-refractivity contribution in [3.63, 3.8) is 0 Å². The van der Waals surface area contributed by atoms with Gasteiger partial charge in [0.25, 0.3) is 0 Å². The van der Waals surface area contributed by atoms with Gasteiger partial charge in [0.05, 0.1) is 0 Å². The molecule has 0 radical (unpaired) electrons. The first-order valence-corrected chi connectivity index (χ1v) is 6.13. The Labute approximate surface area is 36.8 Å². The van der Waals surface area contributed by atoms with Gasteiger partial charge in [0, 0.05) is 0 Å². The summed E-state index contributed by atoms with van der Waals surface area (Å²) in [6.07, 6.45) is 0. The Bertz CT molecular complexity index is 8.00. The van der Waals surface area contributed by atoms with Gasteiger partial charge in [0.15, 0.2) is 0 Å². The van der Waals surface area contributed by atoms with Gasteiger partial charge < -0.3 is 0 Å². The van der Waals surface area contributed by atoms with Gasteiger partial charge in [0.1, 0.15) is 0 Å². The van der Waals surface area contributed by atoms with Crippen LogP contribution in [0.25, 0.3) is 0 Å². The molecule has 0 aliphatic rings. The van der Waals surface area contributed by atoms with Crippen LogP contribution in [0.1, 0.15) is 0 Å². The Morgan fingerprint density at radius 3 is 2.25 bits per heavy atom. The van der Waals surface area contributed by atoms with E-state index in [4.69, 9.17) is 5.73 Å². The molecule has 0 amide bonds. The van der Waals surface area contributed by atoms with Crippen molar-refractivity contribution in [2.24, 2.45) is 5.73 Å². The van der Waals surface area contributed by atoms with E-state index in [9.17, 15) is 0 Å². The molecule has 1 nitrogen and oxygen atoms in total. The van der Waals surface area contributed by atoms with Gasteiger partial charge in [-0.25, -0.2) is 0 Å². The molecule has 4 heavy (non-hydrogen) atoms. The van der Waals surface area contributed by atoms with Crippen molar-refractivity contribution in [1.29, 1.82) is 0 Å². The molecule has 22 valence electrons. The molecule has 0 atom stereocenters. The van der Waals surface area contributed by atoms with Crippen LogP contribution in [0, 0.1) is 0 Å². The summed E-state index contributed by atoms with van der Waals surface area (Å²) in [6.45, 7) is 0. The Hall–Kier alpha value is 0.759. The monoisotopic (exact) mass is 165 g/mol. The summed E-state index contributed by atoms with van der Waals surface area (Å²) in [5, 5.41) is 0. The summed E-state index contributed by atoms with van der Waals surface area (Å²) in [5.74, 6) is 0. The van der Waals surface area contributed by atoms with Crippen LogP contribution in [0.4, 0.5) is 0 Å². The van der Waals surface area contributed by atoms with Crippen molar-refractivity contribution >= 4 is 21.1 Å². The van der Waals surface area contributed by atoms with E-state index in [0.717, 1.165) is 4.56 Å². The second-order valence-electron chi connectivity index (χ2n) is 0.558. The van der Waals surface area contributed by atoms with Gasteiger partial charge >= 0.3 is 36.4 Å². The number of hydrogen-bond donors (Lipinski definition) is 1. The number of rotatable bonds is 1. The van der Waals surface area contributed by atoms with Crippen LogP contribution in [0.5, 0.6) is 0 Å². The molecule has 0 fully saturated rings. The van der Waals surface area contributed by atoms with Crippen molar-refractivity contribution in [2.75, 3.05) is 4.56 Å². The first-order chi connectivity index (χ1) is 1.91. The van der Waals surface area contributed by atoms with Crippen molar-refractivity contribution in [3.05, 3.63) is 0 Å². The van der Waals surface area contributed by atoms with E-state index in [2.05, 4.69) is 4.94 Å². The van der Waals surface area contributed by atoms with Gasteiger partial charge in [0.2, 0.25) is 0 Å². The van der Waals surface area contributed by atoms with E-state index in [-0.39, 0.29) is 21.1 Å². The van der Waals surface area contributed by atoms with Gasteiger partial charge in [-0.3, -0.25) is 0 Å². The molecular weight excluding hydrogens is 157 g/mol. The molecule has 0 aromatic carbocycles. The van der Waals surface area contributed by atoms with Gasteiger partial charge in [-0.1, -0.05) is 0 Å². The van der Waals surface area contributed by atoms with Crippen molar-refractivity contribution in [1.82, 2.24) is 0 Å². The van der Waals surface area contributed by atoms with E-state index < -0.39 is 0 Å². The van der Waals surface area contributed by atoms with Crippen molar-refractivity contribution in [3.8, 4) is 0 Å². The molecule has 2 N–H and O–H groups in total. The summed E-state index contributed by atoms with van der Waals surface area (Å²) in [6, 6.07) is 0. The van der Waals surface area contributed by atoms with Crippen LogP contribution >= 0.6 is 0 Å². The molecule has 0 aliphatic carbocycles. The molecule has 0 bridgehead atoms. The molecule has 2 heteroatoms. The van der Waals surface area contributed by atoms with Crippen LogP contribution in [0.15, 0.2) is 0 Å². The molecule has 0 unspecified atom stereocenters. The third kappa shape index (κ3) is 2.76. The first-order valence-electron chi connectivity index (χ1n) is 1.26. The van der Waals surface area contributed by atoms with Crippen LogP contribution in [-0.4, -0.2) is 25.7 Å². The second-order valence-corrected chi connectivity index (χ2v) is 3.74. The number of hydrogen-bond acceptors (Lipinski definition) is 1. The zero-order valence-corrected chi connectivity index (χ0v) is 5.64. The van der Waals surface area contributed by atoms with E-state index in [1.807, 2.05) is 0 Å². The summed E-state index contributed by atoms with van der Waals surface area (Å²) in [4.78, 5) is 2.23. The van der Waals surface area contributed by atoms with E-state index in [1.54, 1.807) is 0 Å². The summed E-state index contributed by atoms with van der Waals surface area (Å²) in [5.41, 5.74) is 5.10. The normalized spacial score (nSPS) is 5.50. The zero-order valence-electron chi connectivity index (χ0n) is 2.78. The standard InChI is InChI=1S/CH4N.CH3.Sn/c1-2;;/h1-2H2;1H3;/q;;+2. The van der Waals surface area contributed by atoms with Crippen LogP contribution < -0.4 is 5.73 Å². The quantitative estimate of drug-likeness (QED) is 0.526. The molecule has 0 aliphatic heterocycles. The number of nitrogens with two attached hydrogens (primary N) is 1. The fourth-order valence-corrected chi connectivity index (χ4v) is 0. The molecule has 0 aromatic rings. The van der Waals surface area contributed by atoms with Gasteiger partial charge in [-0.2, -0.15) is 0 Å². The second kappa shape index (κ2) is 3.76. The van der Waals surface area contributed by atoms with Crippen LogP contribution in [-0.2, 0) is 0 Å². The summed E-state index contributed by atoms with van der Waals surface area (Å²) in [7, 11) is 0. The fourth-order valence-electron chi connectivity index (χ4n) is 0. The van der Waals surface area contributed by atoms with Gasteiger partial charge in [-0.05, 0) is 0 Å². The van der Waals surface area contributed by atoms with Gasteiger partial charge in [-0.15, -0.1) is 0 Å². The third-order valence-electron chi connectivity index (χ3n) is 0.204. The molecular formula is C2H7NSn+2. The predicted octanol–water partition coefficient (Wildman–Crippen LogP) is -0.345. The van der Waals surface area contributed by atoms with Crippen LogP contribution in [0.3, 0.4) is 0 Å². The fraction of sp³-hybridized carbons (Fsp3) is 1.00. The third-order valence-corrected chi connectivity index (χ3v) is 1.37. The molecule has 0 heterocycles. The maximum absolute atomic E-state index is 5.10. The van der Waals surface area contributed by atoms with Crippen molar-refractivity contribution < 1.29 is 0 Å². The Morgan fingerprint density at radius 1 is 2.00 bits per heavy atom. The van der Waals surface area contributed by atoms with Crippen LogP contribution in [0.2, 0.25) is 4.94 Å². The molecule has 0 rings (SSSR count). The van der Waals surface area contributed by atoms with E-state index in [0.29, 0.717) is 0 Å². The first kappa shape index (κ1) is 4.76. The minimum atomic E-state index is 0.00167. The topological polar surface area (TPSA) is 26.0 Å².